The van der Waals surface area contributed by atoms with E-state index in [1.807, 2.05) is 0 Å². The van der Waals surface area contributed by atoms with Crippen molar-refractivity contribution in [3.63, 3.8) is 0 Å². The Morgan fingerprint density at radius 3 is 2.65 bits per heavy atom. The smallest absolute Gasteiger partial charge is 0.424 e. The molecule has 7 nitrogen and oxygen atoms in total. The lowest BCUT2D eigenvalue weighted by Gasteiger charge is -2.31. The number of nitrogens with one attached hydrogen (secondary N) is 1. The molecule has 0 saturated carbocycles. The Morgan fingerprint density at radius 1 is 1.50 bits per heavy atom. The number of thiazole rings is 1. The van der Waals surface area contributed by atoms with Crippen LogP contribution in [0.1, 0.15) is 30.0 Å². The molecule has 1 aliphatic heterocycles. The molecule has 146 valence electrons. The van der Waals surface area contributed by atoms with Gasteiger partial charge in [-0.05, 0) is 19.8 Å². The number of alkyl halides is 3. The number of nitrogens with zero attached hydrogens (tertiary/aromatic N) is 1. The summed E-state index contributed by atoms with van der Waals surface area (Å²) in [4.78, 5) is 27.2. The van der Waals surface area contributed by atoms with Crippen LogP contribution in [0.3, 0.4) is 0 Å². The molecule has 26 heavy (non-hydrogen) atoms. The summed E-state index contributed by atoms with van der Waals surface area (Å²) in [5, 5.41) is 22.2. The number of carboxylic acids is 1. The van der Waals surface area contributed by atoms with Gasteiger partial charge in [-0.3, -0.25) is 4.79 Å². The Morgan fingerprint density at radius 2 is 2.19 bits per heavy atom. The maximum absolute atomic E-state index is 13.4. The third kappa shape index (κ3) is 4.51. The molecule has 2 heterocycles. The molecule has 1 aromatic rings. The second-order valence-electron chi connectivity index (χ2n) is 6.19. The Bertz CT molecular complexity index is 660. The van der Waals surface area contributed by atoms with Crippen molar-refractivity contribution >= 4 is 23.2 Å². The van der Waals surface area contributed by atoms with Gasteiger partial charge in [-0.1, -0.05) is 0 Å². The number of aliphatic hydroxyl groups is 1. The first-order valence-corrected chi connectivity index (χ1v) is 8.74. The number of aromatic nitrogens is 1. The summed E-state index contributed by atoms with van der Waals surface area (Å²) < 4.78 is 45.4. The summed E-state index contributed by atoms with van der Waals surface area (Å²) in [6, 6.07) is -1.39. The van der Waals surface area contributed by atoms with Crippen molar-refractivity contribution in [3.05, 3.63) is 16.1 Å². The van der Waals surface area contributed by atoms with Crippen LogP contribution in [0, 0.1) is 12.8 Å². The Labute approximate surface area is 151 Å². The predicted octanol–water partition coefficient (Wildman–Crippen LogP) is 1.59. The van der Waals surface area contributed by atoms with Gasteiger partial charge < -0.3 is 20.3 Å². The topological polar surface area (TPSA) is 109 Å². The first kappa shape index (κ1) is 20.6. The van der Waals surface area contributed by atoms with E-state index in [2.05, 4.69) is 10.3 Å². The van der Waals surface area contributed by atoms with E-state index in [4.69, 9.17) is 4.74 Å². The molecule has 11 heteroatoms. The number of ether oxygens (including phenoxy) is 1. The highest BCUT2D eigenvalue weighted by molar-refractivity contribution is 7.09. The Kier molecular flexibility index (Phi) is 6.25. The average molecular weight is 396 g/mol. The number of aryl methyl sites for hydroxylation is 1. The van der Waals surface area contributed by atoms with Crippen LogP contribution in [0.2, 0.25) is 0 Å². The molecule has 0 bridgehead atoms. The van der Waals surface area contributed by atoms with Gasteiger partial charge in [0.1, 0.15) is 11.0 Å². The van der Waals surface area contributed by atoms with Crippen LogP contribution in [0.4, 0.5) is 13.2 Å². The SMILES string of the molecule is Cc1csc(C(O)(CC(=O)NC(C(=O)O)C2CCCOC2)C(F)(F)F)n1. The van der Waals surface area contributed by atoms with Gasteiger partial charge in [0, 0.05) is 23.6 Å². The predicted molar refractivity (Wildman–Crippen MR) is 84.5 cm³/mol. The van der Waals surface area contributed by atoms with Gasteiger partial charge in [0.2, 0.25) is 11.5 Å². The number of carbonyl (C=O) groups excluding carboxylic acids is 1. The van der Waals surface area contributed by atoms with Crippen LogP contribution in [0.5, 0.6) is 0 Å². The number of carbonyl (C=O) groups is 2. The molecular weight excluding hydrogens is 377 g/mol. The number of amides is 1. The first-order chi connectivity index (χ1) is 12.0. The minimum Gasteiger partial charge on any atom is -0.480 e. The van der Waals surface area contributed by atoms with E-state index in [9.17, 15) is 33.0 Å². The van der Waals surface area contributed by atoms with Gasteiger partial charge in [-0.25, -0.2) is 9.78 Å². The van der Waals surface area contributed by atoms with Gasteiger partial charge in [-0.15, -0.1) is 11.3 Å². The zero-order valence-corrected chi connectivity index (χ0v) is 14.7. The number of hydrogen-bond acceptors (Lipinski definition) is 6. The number of carboxylic acid groups (broad SMARTS) is 1. The molecule has 1 amide bonds. The molecular formula is C15H19F3N2O5S. The number of halogens is 3. The van der Waals surface area contributed by atoms with Gasteiger partial charge in [0.05, 0.1) is 13.0 Å². The van der Waals surface area contributed by atoms with Crippen LogP contribution in [-0.2, 0) is 19.9 Å². The maximum Gasteiger partial charge on any atom is 0.424 e. The Hall–Kier alpha value is -1.72. The largest absolute Gasteiger partial charge is 0.480 e. The van der Waals surface area contributed by atoms with E-state index in [0.29, 0.717) is 30.8 Å². The Balaban J connectivity index is 2.17. The van der Waals surface area contributed by atoms with Gasteiger partial charge in [0.25, 0.3) is 0 Å². The van der Waals surface area contributed by atoms with Crippen molar-refractivity contribution in [1.82, 2.24) is 10.3 Å². The highest BCUT2D eigenvalue weighted by Gasteiger charge is 2.58. The summed E-state index contributed by atoms with van der Waals surface area (Å²) >= 11 is 0.581. The first-order valence-electron chi connectivity index (χ1n) is 7.86. The molecule has 1 aliphatic rings. The average Bonchev–Trinajstić information content (AvgIpc) is 2.99. The van der Waals surface area contributed by atoms with Crippen molar-refractivity contribution in [2.24, 2.45) is 5.92 Å². The third-order valence-electron chi connectivity index (χ3n) is 4.11. The van der Waals surface area contributed by atoms with Crippen LogP contribution < -0.4 is 5.32 Å². The monoisotopic (exact) mass is 396 g/mol. The lowest BCUT2D eigenvalue weighted by molar-refractivity contribution is -0.267. The lowest BCUT2D eigenvalue weighted by Crippen LogP contribution is -2.52. The van der Waals surface area contributed by atoms with Crippen molar-refractivity contribution in [3.8, 4) is 0 Å². The molecule has 1 aromatic heterocycles. The van der Waals surface area contributed by atoms with Crippen molar-refractivity contribution in [2.75, 3.05) is 13.2 Å². The summed E-state index contributed by atoms with van der Waals surface area (Å²) in [7, 11) is 0. The molecule has 1 saturated heterocycles. The second kappa shape index (κ2) is 7.89. The molecule has 2 rings (SSSR count). The quantitative estimate of drug-likeness (QED) is 0.674. The molecule has 0 aromatic carbocycles. The van der Waals surface area contributed by atoms with E-state index in [-0.39, 0.29) is 12.3 Å². The summed E-state index contributed by atoms with van der Waals surface area (Å²) in [5.41, 5.74) is -3.21. The minimum atomic E-state index is -5.15. The van der Waals surface area contributed by atoms with E-state index in [1.165, 1.54) is 12.3 Å². The normalized spacial score (nSPS) is 21.7. The van der Waals surface area contributed by atoms with Crippen molar-refractivity contribution in [1.29, 1.82) is 0 Å². The minimum absolute atomic E-state index is 0.0897. The summed E-state index contributed by atoms with van der Waals surface area (Å²) in [5.74, 6) is -3.14. The zero-order valence-electron chi connectivity index (χ0n) is 13.9. The summed E-state index contributed by atoms with van der Waals surface area (Å²) in [6.07, 6.45) is -5.47. The number of aliphatic carboxylic acids is 1. The molecule has 0 spiro atoms. The molecule has 3 unspecified atom stereocenters. The standard InChI is InChI=1S/C15H19F3N2O5S/c1-8-7-26-13(19-8)14(24,15(16,17)18)5-10(21)20-11(12(22)23)9-3-2-4-25-6-9/h7,9,11,24H,2-6H2,1H3,(H,20,21)(H,22,23). The van der Waals surface area contributed by atoms with Crippen molar-refractivity contribution in [2.45, 2.75) is 44.0 Å². The fourth-order valence-corrected chi connectivity index (χ4v) is 3.62. The molecule has 1 fully saturated rings. The number of hydrogen-bond donors (Lipinski definition) is 3. The van der Waals surface area contributed by atoms with Crippen LogP contribution in [0.15, 0.2) is 5.38 Å². The van der Waals surface area contributed by atoms with Crippen LogP contribution in [0.25, 0.3) is 0 Å². The molecule has 3 N–H and O–H groups in total. The highest BCUT2D eigenvalue weighted by atomic mass is 32.1. The fourth-order valence-electron chi connectivity index (χ4n) is 2.71. The lowest BCUT2D eigenvalue weighted by atomic mass is 9.92. The van der Waals surface area contributed by atoms with Gasteiger partial charge in [0.15, 0.2) is 0 Å². The van der Waals surface area contributed by atoms with Gasteiger partial charge in [-0.2, -0.15) is 13.2 Å². The van der Waals surface area contributed by atoms with Crippen molar-refractivity contribution < 1.29 is 37.7 Å². The third-order valence-corrected chi connectivity index (χ3v) is 5.22. The van der Waals surface area contributed by atoms with E-state index in [0.717, 1.165) is 0 Å². The zero-order chi connectivity index (χ0) is 19.5. The molecule has 0 radical (unpaired) electrons. The molecule has 0 aliphatic carbocycles. The van der Waals surface area contributed by atoms with E-state index < -0.39 is 47.0 Å². The van der Waals surface area contributed by atoms with E-state index in [1.54, 1.807) is 0 Å². The summed E-state index contributed by atoms with van der Waals surface area (Å²) in [6.45, 7) is 2.01. The van der Waals surface area contributed by atoms with Gasteiger partial charge >= 0.3 is 12.1 Å². The fraction of sp³-hybridized carbons (Fsp3) is 0.667. The van der Waals surface area contributed by atoms with Crippen LogP contribution in [-0.4, -0.2) is 52.5 Å². The highest BCUT2D eigenvalue weighted by Crippen LogP contribution is 2.42. The molecule has 3 atom stereocenters. The second-order valence-corrected chi connectivity index (χ2v) is 7.05. The maximum atomic E-state index is 13.4. The van der Waals surface area contributed by atoms with Crippen LogP contribution >= 0.6 is 11.3 Å². The van der Waals surface area contributed by atoms with E-state index >= 15 is 0 Å². The number of rotatable bonds is 6.